The number of hydrogen-bond acceptors (Lipinski definition) is 2. The minimum absolute atomic E-state index is 0.126. The Hall–Kier alpha value is -1.33. The topological polar surface area (TPSA) is 32.3 Å². The number of halogens is 2. The third kappa shape index (κ3) is 3.78. The van der Waals surface area contributed by atoms with E-state index >= 15 is 0 Å². The van der Waals surface area contributed by atoms with E-state index in [0.29, 0.717) is 0 Å². The van der Waals surface area contributed by atoms with E-state index in [-0.39, 0.29) is 5.91 Å². The van der Waals surface area contributed by atoms with Crippen LogP contribution in [-0.4, -0.2) is 19.0 Å². The molecule has 2 heterocycles. The van der Waals surface area contributed by atoms with Crippen molar-refractivity contribution in [2.75, 3.05) is 23.3 Å². The van der Waals surface area contributed by atoms with Crippen molar-refractivity contribution in [3.8, 4) is 0 Å². The van der Waals surface area contributed by atoms with Gasteiger partial charge in [0, 0.05) is 40.3 Å². The molecular formula is C18H18Br2N2O. The molecule has 4 rings (SSSR count). The average molecular weight is 438 g/mol. The highest BCUT2D eigenvalue weighted by atomic mass is 79.9. The Balaban J connectivity index is 0.000000140. The van der Waals surface area contributed by atoms with Gasteiger partial charge >= 0.3 is 0 Å². The van der Waals surface area contributed by atoms with Gasteiger partial charge in [0.1, 0.15) is 0 Å². The average Bonchev–Trinajstić information content (AvgIpc) is 3.12. The molecule has 2 aliphatic heterocycles. The lowest BCUT2D eigenvalue weighted by Gasteiger charge is -2.14. The molecule has 0 fully saturated rings. The fraction of sp³-hybridized carbons (Fsp3) is 0.278. The van der Waals surface area contributed by atoms with Crippen molar-refractivity contribution in [3.63, 3.8) is 0 Å². The van der Waals surface area contributed by atoms with Gasteiger partial charge in [0.2, 0.25) is 5.91 Å². The van der Waals surface area contributed by atoms with E-state index in [0.717, 1.165) is 36.1 Å². The van der Waals surface area contributed by atoms with E-state index < -0.39 is 0 Å². The molecule has 0 radical (unpaired) electrons. The zero-order valence-electron chi connectivity index (χ0n) is 12.9. The van der Waals surface area contributed by atoms with Crippen molar-refractivity contribution >= 4 is 49.1 Å². The molecule has 0 spiro atoms. The zero-order valence-corrected chi connectivity index (χ0v) is 16.1. The van der Waals surface area contributed by atoms with Gasteiger partial charge in [0.25, 0.3) is 0 Å². The van der Waals surface area contributed by atoms with Crippen LogP contribution in [-0.2, 0) is 17.6 Å². The lowest BCUT2D eigenvalue weighted by atomic mass is 10.2. The number of nitrogens with zero attached hydrogens (tertiary/aromatic N) is 1. The Kier molecular flexibility index (Phi) is 5.07. The van der Waals surface area contributed by atoms with Crippen LogP contribution in [0.2, 0.25) is 0 Å². The quantitative estimate of drug-likeness (QED) is 0.643. The molecule has 2 aliphatic rings. The van der Waals surface area contributed by atoms with Crippen LogP contribution in [0.5, 0.6) is 0 Å². The molecule has 23 heavy (non-hydrogen) atoms. The first-order chi connectivity index (χ1) is 11.0. The van der Waals surface area contributed by atoms with Gasteiger partial charge in [-0.3, -0.25) is 4.79 Å². The summed E-state index contributed by atoms with van der Waals surface area (Å²) in [5.74, 6) is 0.126. The Morgan fingerprint density at radius 1 is 1.04 bits per heavy atom. The minimum Gasteiger partial charge on any atom is -0.384 e. The van der Waals surface area contributed by atoms with E-state index in [9.17, 15) is 4.79 Å². The van der Waals surface area contributed by atoms with Crippen LogP contribution >= 0.6 is 31.9 Å². The van der Waals surface area contributed by atoms with Crippen molar-refractivity contribution in [2.24, 2.45) is 0 Å². The lowest BCUT2D eigenvalue weighted by Crippen LogP contribution is -2.25. The van der Waals surface area contributed by atoms with Gasteiger partial charge in [-0.2, -0.15) is 0 Å². The molecular weight excluding hydrogens is 420 g/mol. The molecule has 5 heteroatoms. The first-order valence-corrected chi connectivity index (χ1v) is 9.22. The molecule has 0 saturated carbocycles. The summed E-state index contributed by atoms with van der Waals surface area (Å²) in [4.78, 5) is 13.0. The fourth-order valence-electron chi connectivity index (χ4n) is 2.97. The largest absolute Gasteiger partial charge is 0.384 e. The second kappa shape index (κ2) is 7.05. The van der Waals surface area contributed by atoms with Crippen molar-refractivity contribution in [3.05, 3.63) is 56.5 Å². The molecule has 120 valence electrons. The molecule has 0 atom stereocenters. The van der Waals surface area contributed by atoms with Crippen LogP contribution < -0.4 is 10.2 Å². The standard InChI is InChI=1S/C10H10BrNO.C8H8BrN/c1-7(13)12-5-4-8-6-9(11)2-3-10(8)12;9-7-1-2-8-6(5-7)3-4-10-8/h2-3,6H,4-5H2,1H3;1-2,5,10H,3-4H2. The predicted octanol–water partition coefficient (Wildman–Crippen LogP) is 4.78. The number of benzene rings is 2. The van der Waals surface area contributed by atoms with E-state index in [1.807, 2.05) is 17.0 Å². The third-order valence-corrected chi connectivity index (χ3v) is 5.08. The lowest BCUT2D eigenvalue weighted by molar-refractivity contribution is -0.116. The van der Waals surface area contributed by atoms with Gasteiger partial charge in [0.15, 0.2) is 0 Å². The highest BCUT2D eigenvalue weighted by Gasteiger charge is 2.21. The summed E-state index contributed by atoms with van der Waals surface area (Å²) in [6, 6.07) is 12.4. The summed E-state index contributed by atoms with van der Waals surface area (Å²) in [6.45, 7) is 3.52. The first kappa shape index (κ1) is 16.5. The maximum absolute atomic E-state index is 11.2. The van der Waals surface area contributed by atoms with Crippen molar-refractivity contribution < 1.29 is 4.79 Å². The second-order valence-corrected chi connectivity index (χ2v) is 7.50. The van der Waals surface area contributed by atoms with Crippen LogP contribution in [0.1, 0.15) is 18.1 Å². The maximum atomic E-state index is 11.2. The normalized spacial score (nSPS) is 14.5. The van der Waals surface area contributed by atoms with E-state index in [4.69, 9.17) is 0 Å². The monoisotopic (exact) mass is 436 g/mol. The van der Waals surface area contributed by atoms with E-state index in [1.165, 1.54) is 21.3 Å². The SMILES string of the molecule is Brc1ccc2c(c1)CCN2.CC(=O)N1CCc2cc(Br)ccc21. The summed E-state index contributed by atoms with van der Waals surface area (Å²) in [6.07, 6.45) is 2.13. The van der Waals surface area contributed by atoms with Crippen molar-refractivity contribution in [2.45, 2.75) is 19.8 Å². The zero-order chi connectivity index (χ0) is 16.4. The van der Waals surface area contributed by atoms with E-state index in [2.05, 4.69) is 61.4 Å². The summed E-state index contributed by atoms with van der Waals surface area (Å²) in [7, 11) is 0. The smallest absolute Gasteiger partial charge is 0.223 e. The Morgan fingerprint density at radius 3 is 2.48 bits per heavy atom. The molecule has 2 aromatic carbocycles. The van der Waals surface area contributed by atoms with Gasteiger partial charge < -0.3 is 10.2 Å². The third-order valence-electron chi connectivity index (χ3n) is 4.09. The first-order valence-electron chi connectivity index (χ1n) is 7.63. The van der Waals surface area contributed by atoms with Crippen molar-refractivity contribution in [1.82, 2.24) is 0 Å². The van der Waals surface area contributed by atoms with Crippen LogP contribution in [0.4, 0.5) is 11.4 Å². The molecule has 0 unspecified atom stereocenters. The van der Waals surface area contributed by atoms with Crippen molar-refractivity contribution in [1.29, 1.82) is 0 Å². The Bertz CT molecular complexity index is 746. The minimum atomic E-state index is 0.126. The van der Waals surface area contributed by atoms with Gasteiger partial charge in [-0.1, -0.05) is 31.9 Å². The van der Waals surface area contributed by atoms with Gasteiger partial charge in [-0.05, 0) is 60.4 Å². The maximum Gasteiger partial charge on any atom is 0.223 e. The second-order valence-electron chi connectivity index (χ2n) is 5.67. The number of carbonyl (C=O) groups excluding carboxylic acids is 1. The molecule has 3 nitrogen and oxygen atoms in total. The van der Waals surface area contributed by atoms with E-state index in [1.54, 1.807) is 6.92 Å². The fourth-order valence-corrected chi connectivity index (χ4v) is 3.79. The Morgan fingerprint density at radius 2 is 1.74 bits per heavy atom. The van der Waals surface area contributed by atoms with Crippen LogP contribution in [0.15, 0.2) is 45.3 Å². The van der Waals surface area contributed by atoms with Crippen LogP contribution in [0.3, 0.4) is 0 Å². The van der Waals surface area contributed by atoms with Gasteiger partial charge in [0.05, 0.1) is 0 Å². The van der Waals surface area contributed by atoms with Crippen LogP contribution in [0, 0.1) is 0 Å². The Labute approximate surface area is 153 Å². The number of amides is 1. The van der Waals surface area contributed by atoms with Gasteiger partial charge in [-0.25, -0.2) is 0 Å². The molecule has 2 aromatic rings. The summed E-state index contributed by atoms with van der Waals surface area (Å²) < 4.78 is 2.26. The number of rotatable bonds is 0. The summed E-state index contributed by atoms with van der Waals surface area (Å²) in [5, 5.41) is 3.31. The number of nitrogens with one attached hydrogen (secondary N) is 1. The summed E-state index contributed by atoms with van der Waals surface area (Å²) in [5.41, 5.74) is 5.04. The molecule has 1 amide bonds. The number of hydrogen-bond donors (Lipinski definition) is 1. The molecule has 0 bridgehead atoms. The number of carbonyl (C=O) groups is 1. The predicted molar refractivity (Wildman–Crippen MR) is 102 cm³/mol. The molecule has 0 aliphatic carbocycles. The molecule has 0 saturated heterocycles. The summed E-state index contributed by atoms with van der Waals surface area (Å²) >= 11 is 6.86. The van der Waals surface area contributed by atoms with Crippen LogP contribution in [0.25, 0.3) is 0 Å². The number of anilines is 2. The highest BCUT2D eigenvalue weighted by molar-refractivity contribution is 9.10. The molecule has 1 N–H and O–H groups in total. The number of fused-ring (bicyclic) bond motifs is 2. The highest BCUT2D eigenvalue weighted by Crippen LogP contribution is 2.30. The van der Waals surface area contributed by atoms with Gasteiger partial charge in [-0.15, -0.1) is 0 Å². The molecule has 0 aromatic heterocycles.